The van der Waals surface area contributed by atoms with E-state index in [9.17, 15) is 18.0 Å². The smallest absolute Gasteiger partial charge is 0.289 e. The summed E-state index contributed by atoms with van der Waals surface area (Å²) in [6.45, 7) is 0. The molecule has 3 nitrogen and oxygen atoms in total. The lowest BCUT2D eigenvalue weighted by atomic mass is 10.2. The molecule has 0 bridgehead atoms. The number of rotatable bonds is 1. The molecule has 1 heterocycles. The highest BCUT2D eigenvalue weighted by molar-refractivity contribution is 5.96. The van der Waals surface area contributed by atoms with E-state index in [4.69, 9.17) is 5.26 Å². The standard InChI is InChI=1S/C13H7F3N2O/c14-13(15,16)11-8-18(7-10(11)6-17)12(19)9-4-2-1-3-5-9/h1-5,7-8H. The van der Waals surface area contributed by atoms with E-state index in [1.807, 2.05) is 0 Å². The molecule has 0 amide bonds. The normalized spacial score (nSPS) is 11.1. The van der Waals surface area contributed by atoms with Crippen molar-refractivity contribution in [1.29, 1.82) is 5.26 Å². The Bertz CT molecular complexity index is 651. The fraction of sp³-hybridized carbons (Fsp3) is 0.0769. The molecule has 1 aromatic heterocycles. The second-order valence-corrected chi connectivity index (χ2v) is 3.77. The van der Waals surface area contributed by atoms with Crippen LogP contribution < -0.4 is 0 Å². The first kappa shape index (κ1) is 12.9. The maximum atomic E-state index is 12.6. The molecule has 0 aliphatic carbocycles. The predicted molar refractivity (Wildman–Crippen MR) is 60.3 cm³/mol. The summed E-state index contributed by atoms with van der Waals surface area (Å²) in [4.78, 5) is 11.9. The fourth-order valence-electron chi connectivity index (χ4n) is 1.62. The van der Waals surface area contributed by atoms with Gasteiger partial charge in [-0.05, 0) is 12.1 Å². The SMILES string of the molecule is N#Cc1cn(C(=O)c2ccccc2)cc1C(F)(F)F. The van der Waals surface area contributed by atoms with Gasteiger partial charge in [0.1, 0.15) is 6.07 Å². The quantitative estimate of drug-likeness (QED) is 0.794. The Hall–Kier alpha value is -2.55. The van der Waals surface area contributed by atoms with Crippen molar-refractivity contribution in [3.63, 3.8) is 0 Å². The van der Waals surface area contributed by atoms with E-state index in [0.29, 0.717) is 6.20 Å². The summed E-state index contributed by atoms with van der Waals surface area (Å²) in [5.74, 6) is -0.618. The highest BCUT2D eigenvalue weighted by Gasteiger charge is 2.35. The van der Waals surface area contributed by atoms with Gasteiger partial charge < -0.3 is 0 Å². The van der Waals surface area contributed by atoms with Gasteiger partial charge in [-0.25, -0.2) is 0 Å². The Morgan fingerprint density at radius 2 is 1.79 bits per heavy atom. The van der Waals surface area contributed by atoms with E-state index in [1.54, 1.807) is 18.2 Å². The van der Waals surface area contributed by atoms with Gasteiger partial charge in [0, 0.05) is 18.0 Å². The first-order valence-electron chi connectivity index (χ1n) is 5.22. The molecule has 0 fully saturated rings. The Labute approximate surface area is 106 Å². The zero-order valence-corrected chi connectivity index (χ0v) is 9.48. The average Bonchev–Trinajstić information content (AvgIpc) is 2.83. The minimum atomic E-state index is -4.66. The zero-order chi connectivity index (χ0) is 14.0. The van der Waals surface area contributed by atoms with Gasteiger partial charge in [0.2, 0.25) is 0 Å². The van der Waals surface area contributed by atoms with Gasteiger partial charge in [0.25, 0.3) is 5.91 Å². The third-order valence-electron chi connectivity index (χ3n) is 2.51. The molecule has 6 heteroatoms. The summed E-state index contributed by atoms with van der Waals surface area (Å²) in [7, 11) is 0. The largest absolute Gasteiger partial charge is 0.419 e. The van der Waals surface area contributed by atoms with Crippen LogP contribution in [0.3, 0.4) is 0 Å². The van der Waals surface area contributed by atoms with Crippen molar-refractivity contribution in [3.05, 3.63) is 59.4 Å². The number of hydrogen-bond donors (Lipinski definition) is 0. The molecule has 96 valence electrons. The molecule has 0 atom stereocenters. The summed E-state index contributed by atoms with van der Waals surface area (Å²) in [6.07, 6.45) is -3.14. The topological polar surface area (TPSA) is 45.8 Å². The molecule has 0 radical (unpaired) electrons. The van der Waals surface area contributed by atoms with Crippen LogP contribution in [0.4, 0.5) is 13.2 Å². The highest BCUT2D eigenvalue weighted by atomic mass is 19.4. The minimum Gasteiger partial charge on any atom is -0.289 e. The number of nitrogens with zero attached hydrogens (tertiary/aromatic N) is 2. The summed E-state index contributed by atoms with van der Waals surface area (Å²) < 4.78 is 38.7. The van der Waals surface area contributed by atoms with E-state index < -0.39 is 23.2 Å². The van der Waals surface area contributed by atoms with Gasteiger partial charge in [-0.3, -0.25) is 9.36 Å². The second-order valence-electron chi connectivity index (χ2n) is 3.77. The molecule has 19 heavy (non-hydrogen) atoms. The maximum Gasteiger partial charge on any atom is 0.419 e. The van der Waals surface area contributed by atoms with E-state index in [0.717, 1.165) is 10.8 Å². The summed E-state index contributed by atoms with van der Waals surface area (Å²) in [5.41, 5.74) is -1.44. The monoisotopic (exact) mass is 264 g/mol. The van der Waals surface area contributed by atoms with Crippen molar-refractivity contribution >= 4 is 5.91 Å². The van der Waals surface area contributed by atoms with Gasteiger partial charge in [0.05, 0.1) is 11.1 Å². The highest BCUT2D eigenvalue weighted by Crippen LogP contribution is 2.32. The Morgan fingerprint density at radius 1 is 1.16 bits per heavy atom. The van der Waals surface area contributed by atoms with Crippen molar-refractivity contribution in [2.45, 2.75) is 6.18 Å². The molecule has 0 aliphatic rings. The van der Waals surface area contributed by atoms with Crippen LogP contribution >= 0.6 is 0 Å². The summed E-state index contributed by atoms with van der Waals surface area (Å²) >= 11 is 0. The molecular weight excluding hydrogens is 257 g/mol. The van der Waals surface area contributed by atoms with Crippen LogP contribution in [0.5, 0.6) is 0 Å². The third-order valence-corrected chi connectivity index (χ3v) is 2.51. The lowest BCUT2D eigenvalue weighted by molar-refractivity contribution is -0.137. The molecule has 0 spiro atoms. The van der Waals surface area contributed by atoms with Crippen molar-refractivity contribution in [2.24, 2.45) is 0 Å². The predicted octanol–water partition coefficient (Wildman–Crippen LogP) is 3.07. The number of aromatic nitrogens is 1. The Balaban J connectivity index is 2.46. The number of carbonyl (C=O) groups excluding carboxylic acids is 1. The van der Waals surface area contributed by atoms with Gasteiger partial charge in [-0.15, -0.1) is 0 Å². The van der Waals surface area contributed by atoms with Gasteiger partial charge >= 0.3 is 6.18 Å². The average molecular weight is 264 g/mol. The minimum absolute atomic E-state index is 0.246. The molecule has 0 unspecified atom stereocenters. The number of hydrogen-bond acceptors (Lipinski definition) is 2. The molecule has 2 rings (SSSR count). The number of nitriles is 1. The first-order valence-corrected chi connectivity index (χ1v) is 5.22. The molecular formula is C13H7F3N2O. The summed E-state index contributed by atoms with van der Waals surface area (Å²) in [6, 6.07) is 9.31. The second kappa shape index (κ2) is 4.61. The van der Waals surface area contributed by atoms with Crippen molar-refractivity contribution in [1.82, 2.24) is 4.57 Å². The third kappa shape index (κ3) is 2.50. The number of halogens is 3. The van der Waals surface area contributed by atoms with Crippen molar-refractivity contribution < 1.29 is 18.0 Å². The Kier molecular flexibility index (Phi) is 3.13. The van der Waals surface area contributed by atoms with Crippen molar-refractivity contribution in [2.75, 3.05) is 0 Å². The van der Waals surface area contributed by atoms with E-state index in [2.05, 4.69) is 0 Å². The van der Waals surface area contributed by atoms with E-state index in [-0.39, 0.29) is 5.56 Å². The van der Waals surface area contributed by atoms with Crippen molar-refractivity contribution in [3.8, 4) is 6.07 Å². The van der Waals surface area contributed by atoms with Crippen LogP contribution in [0.1, 0.15) is 21.5 Å². The summed E-state index contributed by atoms with van der Waals surface area (Å²) in [5, 5.41) is 8.67. The lowest BCUT2D eigenvalue weighted by Gasteiger charge is -2.03. The van der Waals surface area contributed by atoms with Crippen LogP contribution in [0.2, 0.25) is 0 Å². The van der Waals surface area contributed by atoms with Crippen LogP contribution in [-0.4, -0.2) is 10.5 Å². The number of benzene rings is 1. The number of alkyl halides is 3. The molecule has 0 saturated heterocycles. The van der Waals surface area contributed by atoms with Crippen LogP contribution in [0, 0.1) is 11.3 Å². The molecule has 0 N–H and O–H groups in total. The molecule has 0 saturated carbocycles. The molecule has 0 aliphatic heterocycles. The van der Waals surface area contributed by atoms with E-state index >= 15 is 0 Å². The van der Waals surface area contributed by atoms with Gasteiger partial charge in [-0.2, -0.15) is 18.4 Å². The first-order chi connectivity index (χ1) is 8.93. The zero-order valence-electron chi connectivity index (χ0n) is 9.48. The van der Waals surface area contributed by atoms with Crippen LogP contribution in [0.25, 0.3) is 0 Å². The number of carbonyl (C=O) groups is 1. The Morgan fingerprint density at radius 3 is 2.26 bits per heavy atom. The maximum absolute atomic E-state index is 12.6. The van der Waals surface area contributed by atoms with Gasteiger partial charge in [-0.1, -0.05) is 18.2 Å². The van der Waals surface area contributed by atoms with E-state index in [1.165, 1.54) is 18.2 Å². The van der Waals surface area contributed by atoms with Crippen LogP contribution in [0.15, 0.2) is 42.7 Å². The molecule has 2 aromatic rings. The fourth-order valence-corrected chi connectivity index (χ4v) is 1.62. The van der Waals surface area contributed by atoms with Crippen LogP contribution in [-0.2, 0) is 6.18 Å². The van der Waals surface area contributed by atoms with Gasteiger partial charge in [0.15, 0.2) is 0 Å². The molecule has 1 aromatic carbocycles. The lowest BCUT2D eigenvalue weighted by Crippen LogP contribution is -2.10.